The molecule has 1 aliphatic rings. The lowest BCUT2D eigenvalue weighted by Gasteiger charge is -2.23. The number of benzene rings is 1. The second-order valence-corrected chi connectivity index (χ2v) is 9.21. The first-order valence-electron chi connectivity index (χ1n) is 12.3. The number of nitrogens with one attached hydrogen (secondary N) is 2. The molecular formula is C26H23F8N5O4. The van der Waals surface area contributed by atoms with Gasteiger partial charge in [-0.2, -0.15) is 26.3 Å². The summed E-state index contributed by atoms with van der Waals surface area (Å²) in [5.41, 5.74) is 2.49. The van der Waals surface area contributed by atoms with Crippen LogP contribution >= 0.6 is 0 Å². The van der Waals surface area contributed by atoms with E-state index in [2.05, 4.69) is 20.6 Å². The minimum Gasteiger partial charge on any atom is -0.475 e. The quantitative estimate of drug-likeness (QED) is 0.207. The number of aliphatic carboxylic acids is 2. The van der Waals surface area contributed by atoms with Gasteiger partial charge in [0.05, 0.1) is 16.8 Å². The van der Waals surface area contributed by atoms with E-state index in [1.807, 2.05) is 12.1 Å². The van der Waals surface area contributed by atoms with Gasteiger partial charge in [0.15, 0.2) is 11.5 Å². The van der Waals surface area contributed by atoms with Gasteiger partial charge in [0.1, 0.15) is 11.6 Å². The highest BCUT2D eigenvalue weighted by molar-refractivity contribution is 5.94. The van der Waals surface area contributed by atoms with Crippen LogP contribution in [0.2, 0.25) is 0 Å². The van der Waals surface area contributed by atoms with E-state index in [0.29, 0.717) is 22.8 Å². The zero-order valence-corrected chi connectivity index (χ0v) is 22.0. The number of carbonyl (C=O) groups is 2. The van der Waals surface area contributed by atoms with Crippen molar-refractivity contribution in [1.82, 2.24) is 19.7 Å². The molecule has 0 saturated carbocycles. The summed E-state index contributed by atoms with van der Waals surface area (Å²) >= 11 is 0. The topological polar surface area (TPSA) is 129 Å². The van der Waals surface area contributed by atoms with Crippen molar-refractivity contribution in [3.05, 3.63) is 65.7 Å². The minimum absolute atomic E-state index is 0.261. The zero-order chi connectivity index (χ0) is 32.1. The van der Waals surface area contributed by atoms with Crippen molar-refractivity contribution in [2.75, 3.05) is 18.4 Å². The van der Waals surface area contributed by atoms with E-state index >= 15 is 4.39 Å². The maximum absolute atomic E-state index is 15.1. The van der Waals surface area contributed by atoms with Crippen molar-refractivity contribution in [2.24, 2.45) is 0 Å². The summed E-state index contributed by atoms with van der Waals surface area (Å²) in [6.07, 6.45) is -3.05. The molecule has 9 nitrogen and oxygen atoms in total. The summed E-state index contributed by atoms with van der Waals surface area (Å²) in [7, 11) is 0. The van der Waals surface area contributed by atoms with Gasteiger partial charge in [0.2, 0.25) is 0 Å². The number of rotatable bonds is 3. The van der Waals surface area contributed by atoms with Crippen molar-refractivity contribution in [2.45, 2.75) is 38.0 Å². The van der Waals surface area contributed by atoms with Gasteiger partial charge in [-0.3, -0.25) is 0 Å². The predicted molar refractivity (Wildman–Crippen MR) is 137 cm³/mol. The van der Waals surface area contributed by atoms with E-state index in [9.17, 15) is 30.7 Å². The highest BCUT2D eigenvalue weighted by atomic mass is 19.4. The average Bonchev–Trinajstić information content (AvgIpc) is 3.29. The number of fused-ring (bicyclic) bond motifs is 2. The number of carboxylic acids is 2. The van der Waals surface area contributed by atoms with Gasteiger partial charge in [-0.25, -0.2) is 28.3 Å². The van der Waals surface area contributed by atoms with E-state index in [-0.39, 0.29) is 11.5 Å². The molecule has 5 rings (SSSR count). The summed E-state index contributed by atoms with van der Waals surface area (Å²) in [4.78, 5) is 26.3. The lowest BCUT2D eigenvalue weighted by atomic mass is 9.89. The van der Waals surface area contributed by atoms with Gasteiger partial charge in [-0.1, -0.05) is 6.07 Å². The normalized spacial score (nSPS) is 14.0. The van der Waals surface area contributed by atoms with E-state index in [1.165, 1.54) is 6.07 Å². The molecule has 0 spiro atoms. The molecule has 17 heteroatoms. The van der Waals surface area contributed by atoms with Gasteiger partial charge < -0.3 is 25.2 Å². The molecule has 1 aromatic carbocycles. The number of anilines is 2. The standard InChI is InChI=1S/C22H21F2N5.2C2HF3O2/c1-13-11-29-12-17(10-19(24)22(29)27-13)28-21-20-15(4-7-26-21)8-16(9-18(20)23)14-2-5-25-6-3-14;2*3-2(4,5)1(6)7/h4,7-12,14,25H,2-3,5-6H2,1H3,(H,26,28);2*(H,6,7). The largest absolute Gasteiger partial charge is 0.490 e. The Kier molecular flexibility index (Phi) is 10.1. The first-order valence-corrected chi connectivity index (χ1v) is 12.3. The van der Waals surface area contributed by atoms with Crippen molar-refractivity contribution in [1.29, 1.82) is 0 Å². The summed E-state index contributed by atoms with van der Waals surface area (Å²) in [5, 5.41) is 21.9. The van der Waals surface area contributed by atoms with Gasteiger partial charge in [0.25, 0.3) is 0 Å². The third kappa shape index (κ3) is 8.73. The number of imidazole rings is 1. The Labute approximate surface area is 237 Å². The van der Waals surface area contributed by atoms with Crippen LogP contribution in [0.15, 0.2) is 42.9 Å². The SMILES string of the molecule is Cc1cn2cc(Nc3nccc4cc(C5CCNCC5)cc(F)c34)cc(F)c2n1.O=C(O)C(F)(F)F.O=C(O)C(F)(F)F. The first kappa shape index (κ1) is 33.0. The first-order chi connectivity index (χ1) is 20.0. The molecule has 3 aromatic heterocycles. The summed E-state index contributed by atoms with van der Waals surface area (Å²) in [5.74, 6) is -5.54. The van der Waals surface area contributed by atoms with E-state index in [1.54, 1.807) is 36.0 Å². The molecule has 0 amide bonds. The lowest BCUT2D eigenvalue weighted by molar-refractivity contribution is -0.193. The fourth-order valence-corrected chi connectivity index (χ4v) is 4.16. The summed E-state index contributed by atoms with van der Waals surface area (Å²) < 4.78 is 94.6. The summed E-state index contributed by atoms with van der Waals surface area (Å²) in [6.45, 7) is 3.71. The minimum atomic E-state index is -5.08. The molecule has 232 valence electrons. The number of aromatic nitrogens is 3. The highest BCUT2D eigenvalue weighted by Crippen LogP contribution is 2.33. The van der Waals surface area contributed by atoms with E-state index in [4.69, 9.17) is 19.8 Å². The number of nitrogens with zero attached hydrogens (tertiary/aromatic N) is 3. The van der Waals surface area contributed by atoms with Crippen molar-refractivity contribution >= 4 is 39.9 Å². The molecule has 0 atom stereocenters. The molecule has 4 heterocycles. The van der Waals surface area contributed by atoms with Crippen molar-refractivity contribution in [3.63, 3.8) is 0 Å². The van der Waals surface area contributed by atoms with Crippen LogP contribution in [0.5, 0.6) is 0 Å². The smallest absolute Gasteiger partial charge is 0.475 e. The zero-order valence-electron chi connectivity index (χ0n) is 22.0. The molecule has 0 bridgehead atoms. The molecule has 1 fully saturated rings. The van der Waals surface area contributed by atoms with Crippen molar-refractivity contribution in [3.8, 4) is 0 Å². The molecule has 0 radical (unpaired) electrons. The number of hydrogen-bond donors (Lipinski definition) is 4. The van der Waals surface area contributed by atoms with Gasteiger partial charge >= 0.3 is 24.3 Å². The van der Waals surface area contributed by atoms with E-state index in [0.717, 1.165) is 42.6 Å². The second-order valence-electron chi connectivity index (χ2n) is 9.21. The molecule has 1 saturated heterocycles. The van der Waals surface area contributed by atoms with Crippen molar-refractivity contribution < 1.29 is 54.9 Å². The molecule has 4 aromatic rings. The Balaban J connectivity index is 0.000000303. The number of piperidine rings is 1. The highest BCUT2D eigenvalue weighted by Gasteiger charge is 2.38. The molecule has 43 heavy (non-hydrogen) atoms. The van der Waals surface area contributed by atoms with Crippen LogP contribution < -0.4 is 10.6 Å². The number of aryl methyl sites for hydroxylation is 1. The fourth-order valence-electron chi connectivity index (χ4n) is 4.16. The Bertz CT molecular complexity index is 1590. The van der Waals surface area contributed by atoms with Crippen LogP contribution in [-0.4, -0.2) is 62.0 Å². The second kappa shape index (κ2) is 13.2. The Morgan fingerprint density at radius 1 is 0.953 bits per heavy atom. The third-order valence-electron chi connectivity index (χ3n) is 6.02. The van der Waals surface area contributed by atoms with Gasteiger partial charge in [-0.05, 0) is 61.9 Å². The molecular weight excluding hydrogens is 598 g/mol. The number of carboxylic acid groups (broad SMARTS) is 2. The molecule has 0 aliphatic carbocycles. The monoisotopic (exact) mass is 621 g/mol. The van der Waals surface area contributed by atoms with E-state index < -0.39 is 30.1 Å². The van der Waals surface area contributed by atoms with Crippen LogP contribution in [0, 0.1) is 18.6 Å². The Morgan fingerprint density at radius 3 is 2.09 bits per heavy atom. The van der Waals surface area contributed by atoms with Crippen LogP contribution in [0.3, 0.4) is 0 Å². The predicted octanol–water partition coefficient (Wildman–Crippen LogP) is 5.95. The third-order valence-corrected chi connectivity index (χ3v) is 6.02. The number of halogens is 8. The Hall–Kier alpha value is -4.54. The maximum Gasteiger partial charge on any atom is 0.490 e. The molecule has 4 N–H and O–H groups in total. The fraction of sp³-hybridized carbons (Fsp3) is 0.308. The maximum atomic E-state index is 15.1. The van der Waals surface area contributed by atoms with Gasteiger partial charge in [-0.15, -0.1) is 0 Å². The average molecular weight is 621 g/mol. The van der Waals surface area contributed by atoms with Crippen LogP contribution in [0.4, 0.5) is 46.6 Å². The molecule has 1 aliphatic heterocycles. The van der Waals surface area contributed by atoms with Crippen LogP contribution in [0.1, 0.15) is 30.0 Å². The number of pyridine rings is 2. The number of hydrogen-bond acceptors (Lipinski definition) is 6. The molecule has 0 unspecified atom stereocenters. The number of alkyl halides is 6. The summed E-state index contributed by atoms with van der Waals surface area (Å²) in [6, 6.07) is 6.83. The van der Waals surface area contributed by atoms with Crippen LogP contribution in [-0.2, 0) is 9.59 Å². The lowest BCUT2D eigenvalue weighted by Crippen LogP contribution is -2.26. The van der Waals surface area contributed by atoms with Crippen LogP contribution in [0.25, 0.3) is 16.4 Å². The van der Waals surface area contributed by atoms with Gasteiger partial charge in [0, 0.05) is 24.7 Å². The Morgan fingerprint density at radius 2 is 1.53 bits per heavy atom.